The van der Waals surface area contributed by atoms with Gasteiger partial charge >= 0.3 is 6.01 Å². The zero-order valence-electron chi connectivity index (χ0n) is 17.8. The highest BCUT2D eigenvalue weighted by Gasteiger charge is 2.17. The summed E-state index contributed by atoms with van der Waals surface area (Å²) in [6, 6.07) is 8.07. The molecule has 0 aromatic carbocycles. The second-order valence-electron chi connectivity index (χ2n) is 7.47. The first-order valence-corrected chi connectivity index (χ1v) is 10.5. The maximum absolute atomic E-state index is 5.94. The third-order valence-corrected chi connectivity index (χ3v) is 5.18. The zero-order chi connectivity index (χ0) is 21.8. The molecule has 0 unspecified atom stereocenters. The van der Waals surface area contributed by atoms with Crippen LogP contribution in [-0.2, 0) is 18.2 Å². The van der Waals surface area contributed by atoms with Crippen LogP contribution in [0.3, 0.4) is 0 Å². The number of rotatable bonds is 7. The predicted molar refractivity (Wildman–Crippen MR) is 118 cm³/mol. The highest BCUT2D eigenvalue weighted by molar-refractivity contribution is 5.57. The smallest absolute Gasteiger partial charge is 0.320 e. The standard InChI is InChI=1S/C22H24N8O2/c1-28-16-17(14-24-28)5-10-32-22-25-20(29-8-11-31-12-9-29)13-21(26-22)30-7-4-19(27-30)18-3-2-6-23-15-18/h2-4,6-7,13-16H,5,8-12H2,1H3. The van der Waals surface area contributed by atoms with Gasteiger partial charge in [-0.2, -0.15) is 20.2 Å². The number of hydrogen-bond acceptors (Lipinski definition) is 8. The molecule has 0 N–H and O–H groups in total. The van der Waals surface area contributed by atoms with Gasteiger partial charge in [-0.05, 0) is 23.8 Å². The van der Waals surface area contributed by atoms with Crippen molar-refractivity contribution in [1.29, 1.82) is 0 Å². The van der Waals surface area contributed by atoms with Crippen LogP contribution in [0.15, 0.2) is 55.2 Å². The molecule has 0 saturated carbocycles. The number of nitrogens with zero attached hydrogens (tertiary/aromatic N) is 8. The first-order valence-electron chi connectivity index (χ1n) is 10.5. The van der Waals surface area contributed by atoms with Crippen LogP contribution in [0.5, 0.6) is 6.01 Å². The van der Waals surface area contributed by atoms with E-state index in [4.69, 9.17) is 9.47 Å². The summed E-state index contributed by atoms with van der Waals surface area (Å²) in [6.07, 6.45) is 9.95. The van der Waals surface area contributed by atoms with Gasteiger partial charge in [0.2, 0.25) is 0 Å². The van der Waals surface area contributed by atoms with Gasteiger partial charge in [0.25, 0.3) is 0 Å². The summed E-state index contributed by atoms with van der Waals surface area (Å²) in [5.41, 5.74) is 2.87. The van der Waals surface area contributed by atoms with Gasteiger partial charge in [0, 0.05) is 63.0 Å². The van der Waals surface area contributed by atoms with Crippen LogP contribution in [0, 0.1) is 0 Å². The highest BCUT2D eigenvalue weighted by atomic mass is 16.5. The number of aryl methyl sites for hydroxylation is 1. The molecule has 0 atom stereocenters. The first kappa shape index (κ1) is 20.1. The minimum Gasteiger partial charge on any atom is -0.463 e. The summed E-state index contributed by atoms with van der Waals surface area (Å²) >= 11 is 0. The van der Waals surface area contributed by atoms with Crippen molar-refractivity contribution in [2.24, 2.45) is 7.05 Å². The Bertz CT molecular complexity index is 1170. The Balaban J connectivity index is 1.40. The van der Waals surface area contributed by atoms with Crippen LogP contribution >= 0.6 is 0 Å². The molecule has 0 radical (unpaired) electrons. The summed E-state index contributed by atoms with van der Waals surface area (Å²) in [5.74, 6) is 1.45. The Morgan fingerprint density at radius 3 is 2.75 bits per heavy atom. The van der Waals surface area contributed by atoms with E-state index in [0.29, 0.717) is 31.6 Å². The van der Waals surface area contributed by atoms with Crippen LogP contribution in [0.25, 0.3) is 17.1 Å². The largest absolute Gasteiger partial charge is 0.463 e. The molecule has 0 aliphatic carbocycles. The van der Waals surface area contributed by atoms with Crippen LogP contribution in [0.1, 0.15) is 5.56 Å². The molecule has 1 saturated heterocycles. The number of hydrogen-bond donors (Lipinski definition) is 0. The molecule has 32 heavy (non-hydrogen) atoms. The Kier molecular flexibility index (Phi) is 5.75. The van der Waals surface area contributed by atoms with Crippen LogP contribution < -0.4 is 9.64 Å². The zero-order valence-corrected chi connectivity index (χ0v) is 17.8. The lowest BCUT2D eigenvalue weighted by molar-refractivity contribution is 0.122. The van der Waals surface area contributed by atoms with Gasteiger partial charge in [0.05, 0.1) is 31.7 Å². The second kappa shape index (κ2) is 9.15. The summed E-state index contributed by atoms with van der Waals surface area (Å²) in [7, 11) is 1.90. The summed E-state index contributed by atoms with van der Waals surface area (Å²) in [4.78, 5) is 15.6. The van der Waals surface area contributed by atoms with Crippen LogP contribution in [-0.4, -0.2) is 67.4 Å². The molecule has 10 heteroatoms. The fourth-order valence-electron chi connectivity index (χ4n) is 3.52. The maximum Gasteiger partial charge on any atom is 0.320 e. The molecule has 0 bridgehead atoms. The van der Waals surface area contributed by atoms with Gasteiger partial charge in [0.1, 0.15) is 5.82 Å². The van der Waals surface area contributed by atoms with Crippen molar-refractivity contribution in [3.05, 3.63) is 60.8 Å². The number of morpholine rings is 1. The lowest BCUT2D eigenvalue weighted by atomic mass is 10.2. The van der Waals surface area contributed by atoms with E-state index >= 15 is 0 Å². The topological polar surface area (TPSA) is 96.0 Å². The quantitative estimate of drug-likeness (QED) is 0.437. The fraction of sp³-hybridized carbons (Fsp3) is 0.318. The molecule has 5 rings (SSSR count). The normalized spacial score (nSPS) is 14.0. The highest BCUT2D eigenvalue weighted by Crippen LogP contribution is 2.22. The van der Waals surface area contributed by atoms with E-state index in [1.807, 2.05) is 49.9 Å². The van der Waals surface area contributed by atoms with Gasteiger partial charge in [-0.25, -0.2) is 4.68 Å². The van der Waals surface area contributed by atoms with Crippen LogP contribution in [0.4, 0.5) is 5.82 Å². The average Bonchev–Trinajstić information content (AvgIpc) is 3.50. The van der Waals surface area contributed by atoms with Gasteiger partial charge in [-0.15, -0.1) is 0 Å². The van der Waals surface area contributed by atoms with Crippen molar-refractivity contribution < 1.29 is 9.47 Å². The lowest BCUT2D eigenvalue weighted by Crippen LogP contribution is -2.37. The lowest BCUT2D eigenvalue weighted by Gasteiger charge is -2.28. The monoisotopic (exact) mass is 432 g/mol. The van der Waals surface area contributed by atoms with E-state index in [9.17, 15) is 0 Å². The van der Waals surface area contributed by atoms with Crippen molar-refractivity contribution in [2.75, 3.05) is 37.8 Å². The molecule has 10 nitrogen and oxygen atoms in total. The number of pyridine rings is 1. The molecule has 1 aliphatic rings. The van der Waals surface area contributed by atoms with E-state index in [-0.39, 0.29) is 0 Å². The van der Waals surface area contributed by atoms with Crippen molar-refractivity contribution in [3.8, 4) is 23.1 Å². The molecule has 1 aliphatic heterocycles. The third kappa shape index (κ3) is 4.59. The van der Waals surface area contributed by atoms with Crippen molar-refractivity contribution in [2.45, 2.75) is 6.42 Å². The van der Waals surface area contributed by atoms with Gasteiger partial charge in [0.15, 0.2) is 5.82 Å². The molecule has 164 valence electrons. The molecule has 4 aromatic rings. The minimum absolute atomic E-state index is 0.325. The summed E-state index contributed by atoms with van der Waals surface area (Å²) < 4.78 is 14.9. The molecule has 1 fully saturated rings. The third-order valence-electron chi connectivity index (χ3n) is 5.18. The summed E-state index contributed by atoms with van der Waals surface area (Å²) in [5, 5.41) is 8.88. The number of anilines is 1. The Morgan fingerprint density at radius 2 is 1.97 bits per heavy atom. The SMILES string of the molecule is Cn1cc(CCOc2nc(N3CCOCC3)cc(-n3ccc(-c4cccnc4)n3)n2)cn1. The van der Waals surface area contributed by atoms with Crippen LogP contribution in [0.2, 0.25) is 0 Å². The Labute approximate surface area is 185 Å². The molecule has 0 spiro atoms. The molecular formula is C22H24N8O2. The Hall–Kier alpha value is -3.79. The van der Waals surface area contributed by atoms with Crippen molar-refractivity contribution in [3.63, 3.8) is 0 Å². The predicted octanol–water partition coefficient (Wildman–Crippen LogP) is 1.92. The van der Waals surface area contributed by atoms with E-state index in [2.05, 4.69) is 30.0 Å². The number of aromatic nitrogens is 7. The average molecular weight is 432 g/mol. The molecule has 0 amide bonds. The fourth-order valence-corrected chi connectivity index (χ4v) is 3.52. The molecule has 5 heterocycles. The minimum atomic E-state index is 0.325. The van der Waals surface area contributed by atoms with Crippen molar-refractivity contribution in [1.82, 2.24) is 34.5 Å². The van der Waals surface area contributed by atoms with Gasteiger partial charge in [-0.3, -0.25) is 9.67 Å². The van der Waals surface area contributed by atoms with E-state index in [1.165, 1.54) is 0 Å². The van der Waals surface area contributed by atoms with Gasteiger partial charge < -0.3 is 14.4 Å². The van der Waals surface area contributed by atoms with Gasteiger partial charge in [-0.1, -0.05) is 0 Å². The maximum atomic E-state index is 5.94. The van der Waals surface area contributed by atoms with E-state index in [1.54, 1.807) is 21.8 Å². The second-order valence-corrected chi connectivity index (χ2v) is 7.47. The molecular weight excluding hydrogens is 408 g/mol. The van der Waals surface area contributed by atoms with E-state index < -0.39 is 0 Å². The Morgan fingerprint density at radius 1 is 1.09 bits per heavy atom. The van der Waals surface area contributed by atoms with E-state index in [0.717, 1.165) is 42.1 Å². The molecule has 4 aromatic heterocycles. The first-order chi connectivity index (χ1) is 15.7. The number of ether oxygens (including phenoxy) is 2. The van der Waals surface area contributed by atoms with Crippen molar-refractivity contribution >= 4 is 5.82 Å². The summed E-state index contributed by atoms with van der Waals surface area (Å²) in [6.45, 7) is 3.34.